The Kier molecular flexibility index (Phi) is 3.60. The molecule has 0 N–H and O–H groups in total. The van der Waals surface area contributed by atoms with Gasteiger partial charge in [-0.1, -0.05) is 17.3 Å². The molecule has 6 nitrogen and oxygen atoms in total. The van der Waals surface area contributed by atoms with Gasteiger partial charge >= 0.3 is 5.97 Å². The molecule has 1 aromatic carbocycles. The van der Waals surface area contributed by atoms with Crippen LogP contribution in [0.4, 0.5) is 0 Å². The summed E-state index contributed by atoms with van der Waals surface area (Å²) in [5, 5.41) is 3.87. The Morgan fingerprint density at radius 2 is 2.35 bits per heavy atom. The fourth-order valence-corrected chi connectivity index (χ4v) is 2.79. The van der Waals surface area contributed by atoms with E-state index in [4.69, 9.17) is 9.26 Å². The summed E-state index contributed by atoms with van der Waals surface area (Å²) in [5.74, 6) is 1.79. The van der Waals surface area contributed by atoms with Crippen LogP contribution in [0.2, 0.25) is 0 Å². The largest absolute Gasteiger partial charge is 0.480 e. The summed E-state index contributed by atoms with van der Waals surface area (Å²) in [5.41, 5.74) is 0. The second-order valence-corrected chi connectivity index (χ2v) is 5.23. The number of fused-ring (bicyclic) bond motifs is 1. The second kappa shape index (κ2) is 5.54. The van der Waals surface area contributed by atoms with E-state index in [9.17, 15) is 4.79 Å². The molecule has 2 heterocycles. The number of rotatable bonds is 3. The molecule has 0 aliphatic carbocycles. The lowest BCUT2D eigenvalue weighted by Crippen LogP contribution is -2.16. The van der Waals surface area contributed by atoms with Gasteiger partial charge in [-0.25, -0.2) is 0 Å². The number of para-hydroxylation sites is 1. The highest BCUT2D eigenvalue weighted by Crippen LogP contribution is 2.39. The Balaban J connectivity index is 1.73. The van der Waals surface area contributed by atoms with Gasteiger partial charge in [0.1, 0.15) is 12.2 Å². The van der Waals surface area contributed by atoms with Gasteiger partial charge in [0.25, 0.3) is 0 Å². The summed E-state index contributed by atoms with van der Waals surface area (Å²) in [6.07, 6.45) is -0.301. The Morgan fingerprint density at radius 3 is 3.20 bits per heavy atom. The number of carbonyl (C=O) groups is 1. The average Bonchev–Trinajstić information content (AvgIpc) is 2.95. The van der Waals surface area contributed by atoms with Gasteiger partial charge in [-0.3, -0.25) is 4.79 Å². The van der Waals surface area contributed by atoms with Crippen LogP contribution in [-0.2, 0) is 16.0 Å². The van der Waals surface area contributed by atoms with E-state index < -0.39 is 5.97 Å². The Hall–Kier alpha value is -2.02. The molecule has 1 aromatic heterocycles. The van der Waals surface area contributed by atoms with Gasteiger partial charge in [-0.15, -0.1) is 11.8 Å². The standard InChI is InChI=1S/C13H12N2O4S/c1-17-12(16)6-11-14-13(15-19-11)9-7-20-10-5-3-2-4-8(10)18-9/h2-5,9H,6-7H2,1H3. The van der Waals surface area contributed by atoms with E-state index in [1.54, 1.807) is 11.8 Å². The lowest BCUT2D eigenvalue weighted by molar-refractivity contribution is -0.140. The van der Waals surface area contributed by atoms with Crippen molar-refractivity contribution >= 4 is 17.7 Å². The van der Waals surface area contributed by atoms with E-state index in [1.165, 1.54) is 7.11 Å². The molecule has 0 spiro atoms. The van der Waals surface area contributed by atoms with Crippen molar-refractivity contribution in [3.63, 3.8) is 0 Å². The molecule has 7 heteroatoms. The number of hydrogen-bond donors (Lipinski definition) is 0. The van der Waals surface area contributed by atoms with E-state index in [0.29, 0.717) is 11.6 Å². The van der Waals surface area contributed by atoms with Gasteiger partial charge < -0.3 is 14.0 Å². The second-order valence-electron chi connectivity index (χ2n) is 4.16. The predicted molar refractivity (Wildman–Crippen MR) is 70.6 cm³/mol. The highest BCUT2D eigenvalue weighted by atomic mass is 32.2. The molecule has 20 heavy (non-hydrogen) atoms. The van der Waals surface area contributed by atoms with Crippen molar-refractivity contribution in [3.05, 3.63) is 36.0 Å². The average molecular weight is 292 g/mol. The first-order valence-corrected chi connectivity index (χ1v) is 7.02. The predicted octanol–water partition coefficient (Wildman–Crippen LogP) is 2.01. The maximum Gasteiger partial charge on any atom is 0.315 e. The quantitative estimate of drug-likeness (QED) is 0.801. The van der Waals surface area contributed by atoms with Crippen LogP contribution in [-0.4, -0.2) is 29.0 Å². The number of benzene rings is 1. The normalized spacial score (nSPS) is 17.1. The number of methoxy groups -OCH3 is 1. The Morgan fingerprint density at radius 1 is 1.50 bits per heavy atom. The van der Waals surface area contributed by atoms with Crippen molar-refractivity contribution in [2.75, 3.05) is 12.9 Å². The van der Waals surface area contributed by atoms with Crippen molar-refractivity contribution in [2.45, 2.75) is 17.4 Å². The number of nitrogens with zero attached hydrogens (tertiary/aromatic N) is 2. The lowest BCUT2D eigenvalue weighted by Gasteiger charge is -2.22. The molecular formula is C13H12N2O4S. The third-order valence-corrected chi connectivity index (χ3v) is 3.92. The molecule has 104 valence electrons. The minimum Gasteiger partial charge on any atom is -0.480 e. The van der Waals surface area contributed by atoms with Crippen LogP contribution in [0.15, 0.2) is 33.7 Å². The molecule has 0 radical (unpaired) electrons. The van der Waals surface area contributed by atoms with E-state index >= 15 is 0 Å². The summed E-state index contributed by atoms with van der Waals surface area (Å²) < 4.78 is 15.4. The molecule has 3 rings (SSSR count). The van der Waals surface area contributed by atoms with Gasteiger partial charge in [0, 0.05) is 10.6 Å². The fourth-order valence-electron chi connectivity index (χ4n) is 1.81. The van der Waals surface area contributed by atoms with Crippen LogP contribution in [0.25, 0.3) is 0 Å². The molecule has 1 atom stereocenters. The van der Waals surface area contributed by atoms with Gasteiger partial charge in [-0.2, -0.15) is 4.98 Å². The first kappa shape index (κ1) is 13.0. The smallest absolute Gasteiger partial charge is 0.315 e. The molecule has 0 saturated carbocycles. The highest BCUT2D eigenvalue weighted by molar-refractivity contribution is 7.99. The zero-order chi connectivity index (χ0) is 13.9. The molecular weight excluding hydrogens is 280 g/mol. The molecule has 2 aromatic rings. The third-order valence-electron chi connectivity index (χ3n) is 2.80. The number of aromatic nitrogens is 2. The van der Waals surface area contributed by atoms with Gasteiger partial charge in [0.2, 0.25) is 11.7 Å². The highest BCUT2D eigenvalue weighted by Gasteiger charge is 2.26. The molecule has 1 unspecified atom stereocenters. The van der Waals surface area contributed by atoms with Crippen molar-refractivity contribution in [2.24, 2.45) is 0 Å². The number of thioether (sulfide) groups is 1. The van der Waals surface area contributed by atoms with Gasteiger partial charge in [-0.05, 0) is 12.1 Å². The summed E-state index contributed by atoms with van der Waals surface area (Å²) in [6, 6.07) is 7.80. The third kappa shape index (κ3) is 2.62. The van der Waals surface area contributed by atoms with E-state index in [-0.39, 0.29) is 18.4 Å². The summed E-state index contributed by atoms with van der Waals surface area (Å²) in [7, 11) is 1.32. The van der Waals surface area contributed by atoms with Crippen molar-refractivity contribution in [3.8, 4) is 5.75 Å². The summed E-state index contributed by atoms with van der Waals surface area (Å²) in [4.78, 5) is 16.4. The van der Waals surface area contributed by atoms with Crippen LogP contribution in [0.1, 0.15) is 17.8 Å². The molecule has 1 aliphatic heterocycles. The summed E-state index contributed by atoms with van der Waals surface area (Å²) >= 11 is 1.68. The molecule has 1 aliphatic rings. The molecule has 0 amide bonds. The van der Waals surface area contributed by atoms with Crippen LogP contribution in [0.3, 0.4) is 0 Å². The van der Waals surface area contributed by atoms with Gasteiger partial charge in [0.15, 0.2) is 6.10 Å². The first-order chi connectivity index (χ1) is 9.76. The number of ether oxygens (including phenoxy) is 2. The van der Waals surface area contributed by atoms with E-state index in [2.05, 4.69) is 14.9 Å². The van der Waals surface area contributed by atoms with Crippen LogP contribution < -0.4 is 4.74 Å². The molecule has 0 fully saturated rings. The van der Waals surface area contributed by atoms with E-state index in [0.717, 1.165) is 10.6 Å². The Labute approximate surface area is 119 Å². The maximum absolute atomic E-state index is 11.1. The molecule has 0 bridgehead atoms. The number of esters is 1. The lowest BCUT2D eigenvalue weighted by atomic mass is 10.3. The SMILES string of the molecule is COC(=O)Cc1nc(C2CSc3ccccc3O2)no1. The van der Waals surface area contributed by atoms with E-state index in [1.807, 2.05) is 24.3 Å². The Bertz CT molecular complexity index is 628. The van der Waals surface area contributed by atoms with Crippen LogP contribution in [0, 0.1) is 0 Å². The number of hydrogen-bond acceptors (Lipinski definition) is 7. The topological polar surface area (TPSA) is 74.5 Å². The van der Waals surface area contributed by atoms with Crippen LogP contribution in [0.5, 0.6) is 5.75 Å². The fraction of sp³-hybridized carbons (Fsp3) is 0.308. The summed E-state index contributed by atoms with van der Waals surface area (Å²) in [6.45, 7) is 0. The zero-order valence-electron chi connectivity index (χ0n) is 10.7. The van der Waals surface area contributed by atoms with Gasteiger partial charge in [0.05, 0.1) is 7.11 Å². The molecule has 0 saturated heterocycles. The maximum atomic E-state index is 11.1. The monoisotopic (exact) mass is 292 g/mol. The van der Waals surface area contributed by atoms with Crippen molar-refractivity contribution in [1.82, 2.24) is 10.1 Å². The zero-order valence-corrected chi connectivity index (χ0v) is 11.6. The number of carbonyl (C=O) groups excluding carboxylic acids is 1. The van der Waals surface area contributed by atoms with Crippen molar-refractivity contribution < 1.29 is 18.8 Å². The van der Waals surface area contributed by atoms with Crippen LogP contribution >= 0.6 is 11.8 Å². The minimum absolute atomic E-state index is 0.0278. The minimum atomic E-state index is -0.413. The first-order valence-electron chi connectivity index (χ1n) is 6.04. The van der Waals surface area contributed by atoms with Crippen molar-refractivity contribution in [1.29, 1.82) is 0 Å².